The number of amides is 1. The maximum Gasteiger partial charge on any atom is 0.300 e. The topological polar surface area (TPSA) is 85.3 Å². The number of anilines is 1. The van der Waals surface area contributed by atoms with Gasteiger partial charge in [0.25, 0.3) is 11.7 Å². The fourth-order valence-electron chi connectivity index (χ4n) is 5.03. The predicted octanol–water partition coefficient (Wildman–Crippen LogP) is 5.82. The molecule has 5 rings (SSSR count). The van der Waals surface area contributed by atoms with Crippen molar-refractivity contribution < 1.29 is 28.9 Å². The Morgan fingerprint density at radius 1 is 1.05 bits per heavy atom. The van der Waals surface area contributed by atoms with E-state index in [-0.39, 0.29) is 23.5 Å². The summed E-state index contributed by atoms with van der Waals surface area (Å²) in [6.45, 7) is 8.20. The van der Waals surface area contributed by atoms with Gasteiger partial charge in [0.05, 0.1) is 24.3 Å². The average molecular weight is 514 g/mol. The normalized spacial score (nSPS) is 20.0. The predicted molar refractivity (Wildman–Crippen MR) is 145 cm³/mol. The number of benzene rings is 3. The van der Waals surface area contributed by atoms with Crippen LogP contribution >= 0.6 is 0 Å². The molecule has 1 N–H and O–H groups in total. The molecule has 2 aliphatic heterocycles. The summed E-state index contributed by atoms with van der Waals surface area (Å²) in [4.78, 5) is 28.4. The molecule has 1 fully saturated rings. The number of hydrogen-bond donors (Lipinski definition) is 1. The lowest BCUT2D eigenvalue weighted by Crippen LogP contribution is -2.29. The number of ketones is 1. The van der Waals surface area contributed by atoms with E-state index in [0.717, 1.165) is 11.3 Å². The summed E-state index contributed by atoms with van der Waals surface area (Å²) in [6.07, 6.45) is 0.743. The molecule has 2 aliphatic rings. The first-order valence-corrected chi connectivity index (χ1v) is 12.9. The minimum absolute atomic E-state index is 0.000650. The van der Waals surface area contributed by atoms with Crippen LogP contribution in [-0.4, -0.2) is 35.6 Å². The zero-order valence-corrected chi connectivity index (χ0v) is 21.9. The average Bonchev–Trinajstić information content (AvgIpc) is 3.39. The lowest BCUT2D eigenvalue weighted by molar-refractivity contribution is -0.132. The van der Waals surface area contributed by atoms with Crippen LogP contribution in [0.3, 0.4) is 0 Å². The number of aliphatic hydroxyl groups is 1. The Hall–Kier alpha value is -4.26. The van der Waals surface area contributed by atoms with Crippen LogP contribution in [0.4, 0.5) is 5.69 Å². The van der Waals surface area contributed by atoms with Crippen molar-refractivity contribution in [3.05, 3.63) is 89.0 Å². The van der Waals surface area contributed by atoms with Crippen LogP contribution in [0.15, 0.2) is 72.3 Å². The summed E-state index contributed by atoms with van der Waals surface area (Å²) in [6, 6.07) is 18.8. The van der Waals surface area contributed by atoms with Gasteiger partial charge in [-0.2, -0.15) is 0 Å². The third kappa shape index (κ3) is 4.72. The fraction of sp³-hybridized carbons (Fsp3) is 0.290. The standard InChI is InChI=1S/C31H31NO6/c1-5-36-25-8-6-7-23(17-25)32-28(20-9-12-24(13-10-20)37-18(2)3)27(30(34)31(32)35)29(33)21-11-14-26-22(16-21)15-19(4)38-26/h6-14,16-19,28,33H,5,15H2,1-4H3/b29-27-. The maximum atomic E-state index is 13.5. The van der Waals surface area contributed by atoms with E-state index in [1.54, 1.807) is 48.5 Å². The second-order valence-electron chi connectivity index (χ2n) is 9.79. The molecule has 0 bridgehead atoms. The van der Waals surface area contributed by atoms with Crippen molar-refractivity contribution in [3.8, 4) is 17.2 Å². The number of rotatable bonds is 7. The van der Waals surface area contributed by atoms with E-state index in [0.29, 0.717) is 41.3 Å². The molecular weight excluding hydrogens is 482 g/mol. The van der Waals surface area contributed by atoms with Crippen LogP contribution in [0.2, 0.25) is 0 Å². The first-order chi connectivity index (χ1) is 18.3. The highest BCUT2D eigenvalue weighted by Gasteiger charge is 2.47. The second kappa shape index (κ2) is 10.2. The summed E-state index contributed by atoms with van der Waals surface area (Å²) in [7, 11) is 0. The number of ether oxygens (including phenoxy) is 3. The maximum absolute atomic E-state index is 13.5. The fourth-order valence-corrected chi connectivity index (χ4v) is 5.03. The molecule has 0 radical (unpaired) electrons. The minimum Gasteiger partial charge on any atom is -0.507 e. The lowest BCUT2D eigenvalue weighted by Gasteiger charge is -2.26. The molecule has 0 aliphatic carbocycles. The first kappa shape index (κ1) is 25.4. The van der Waals surface area contributed by atoms with Gasteiger partial charge in [-0.05, 0) is 81.3 Å². The minimum atomic E-state index is -0.844. The van der Waals surface area contributed by atoms with Gasteiger partial charge < -0.3 is 19.3 Å². The summed E-state index contributed by atoms with van der Waals surface area (Å²) in [5, 5.41) is 11.5. The molecule has 3 aromatic rings. The number of Topliss-reactive ketones (excluding diaryl/α,β-unsaturated/α-hetero) is 1. The number of carbonyl (C=O) groups is 2. The molecule has 1 saturated heterocycles. The summed E-state index contributed by atoms with van der Waals surface area (Å²) < 4.78 is 17.2. The quantitative estimate of drug-likeness (QED) is 0.243. The number of carbonyl (C=O) groups excluding carboxylic acids is 2. The van der Waals surface area contributed by atoms with Gasteiger partial charge in [0.1, 0.15) is 29.1 Å². The molecule has 7 heteroatoms. The molecule has 2 heterocycles. The molecule has 2 unspecified atom stereocenters. The molecule has 196 valence electrons. The first-order valence-electron chi connectivity index (χ1n) is 12.9. The molecule has 1 amide bonds. The van der Waals surface area contributed by atoms with E-state index in [2.05, 4.69) is 0 Å². The van der Waals surface area contributed by atoms with Crippen molar-refractivity contribution in [3.63, 3.8) is 0 Å². The Kier molecular flexibility index (Phi) is 6.85. The lowest BCUT2D eigenvalue weighted by atomic mass is 9.94. The monoisotopic (exact) mass is 513 g/mol. The van der Waals surface area contributed by atoms with Crippen molar-refractivity contribution in [2.45, 2.75) is 52.4 Å². The SMILES string of the molecule is CCOc1cccc(N2C(=O)C(=O)/C(=C(\O)c3ccc4c(c3)CC(C)O4)C2c2ccc(OC(C)C)cc2)c1. The van der Waals surface area contributed by atoms with Crippen LogP contribution in [0.1, 0.15) is 50.4 Å². The molecule has 38 heavy (non-hydrogen) atoms. The molecule has 3 aromatic carbocycles. The summed E-state index contributed by atoms with van der Waals surface area (Å²) in [5.41, 5.74) is 2.61. The van der Waals surface area contributed by atoms with E-state index >= 15 is 0 Å². The molecule has 7 nitrogen and oxygen atoms in total. The molecule has 2 atom stereocenters. The van der Waals surface area contributed by atoms with Crippen molar-refractivity contribution in [2.75, 3.05) is 11.5 Å². The van der Waals surface area contributed by atoms with Crippen LogP contribution in [0.25, 0.3) is 5.76 Å². The van der Waals surface area contributed by atoms with Crippen LogP contribution < -0.4 is 19.1 Å². The van der Waals surface area contributed by atoms with Crippen molar-refractivity contribution in [1.29, 1.82) is 0 Å². The van der Waals surface area contributed by atoms with Gasteiger partial charge in [-0.1, -0.05) is 18.2 Å². The number of fused-ring (bicyclic) bond motifs is 1. The molecule has 0 spiro atoms. The zero-order valence-electron chi connectivity index (χ0n) is 21.9. The Morgan fingerprint density at radius 3 is 2.53 bits per heavy atom. The van der Waals surface area contributed by atoms with Gasteiger partial charge in [-0.15, -0.1) is 0 Å². The van der Waals surface area contributed by atoms with E-state index in [9.17, 15) is 14.7 Å². The smallest absolute Gasteiger partial charge is 0.300 e. The highest BCUT2D eigenvalue weighted by atomic mass is 16.5. The molecular formula is C31H31NO6. The number of aliphatic hydroxyl groups excluding tert-OH is 1. The van der Waals surface area contributed by atoms with Gasteiger partial charge in [0.15, 0.2) is 0 Å². The van der Waals surface area contributed by atoms with Crippen molar-refractivity contribution in [1.82, 2.24) is 0 Å². The van der Waals surface area contributed by atoms with Gasteiger partial charge in [0, 0.05) is 23.7 Å². The van der Waals surface area contributed by atoms with Gasteiger partial charge >= 0.3 is 0 Å². The van der Waals surface area contributed by atoms with E-state index in [4.69, 9.17) is 14.2 Å². The highest BCUT2D eigenvalue weighted by molar-refractivity contribution is 6.51. The third-order valence-electron chi connectivity index (χ3n) is 6.59. The van der Waals surface area contributed by atoms with Gasteiger partial charge in [0.2, 0.25) is 0 Å². The van der Waals surface area contributed by atoms with Crippen molar-refractivity contribution in [2.24, 2.45) is 0 Å². The summed E-state index contributed by atoms with van der Waals surface area (Å²) in [5.74, 6) is 0.333. The Bertz CT molecular complexity index is 1410. The Labute approximate surface area is 222 Å². The van der Waals surface area contributed by atoms with Crippen molar-refractivity contribution >= 4 is 23.1 Å². The second-order valence-corrected chi connectivity index (χ2v) is 9.79. The van der Waals surface area contributed by atoms with E-state index < -0.39 is 17.7 Å². The summed E-state index contributed by atoms with van der Waals surface area (Å²) >= 11 is 0. The largest absolute Gasteiger partial charge is 0.507 e. The Balaban J connectivity index is 1.64. The highest BCUT2D eigenvalue weighted by Crippen LogP contribution is 2.43. The Morgan fingerprint density at radius 2 is 1.82 bits per heavy atom. The van der Waals surface area contributed by atoms with Gasteiger partial charge in [-0.3, -0.25) is 14.5 Å². The molecule has 0 saturated carbocycles. The van der Waals surface area contributed by atoms with E-state index in [1.807, 2.05) is 45.9 Å². The van der Waals surface area contributed by atoms with Gasteiger partial charge in [-0.25, -0.2) is 0 Å². The third-order valence-corrected chi connectivity index (χ3v) is 6.59. The zero-order chi connectivity index (χ0) is 27.0. The number of hydrogen-bond acceptors (Lipinski definition) is 6. The molecule has 0 aromatic heterocycles. The number of nitrogens with zero attached hydrogens (tertiary/aromatic N) is 1. The van der Waals surface area contributed by atoms with Crippen LogP contribution in [-0.2, 0) is 16.0 Å². The van der Waals surface area contributed by atoms with Crippen LogP contribution in [0.5, 0.6) is 17.2 Å². The van der Waals surface area contributed by atoms with E-state index in [1.165, 1.54) is 4.90 Å². The van der Waals surface area contributed by atoms with Crippen LogP contribution in [0, 0.1) is 0 Å².